The van der Waals surface area contributed by atoms with Crippen molar-refractivity contribution < 1.29 is 55.8 Å². The van der Waals surface area contributed by atoms with Crippen LogP contribution in [-0.2, 0) is 56.2 Å². The normalized spacial score (nSPS) is 12.8. The van der Waals surface area contributed by atoms with E-state index in [4.69, 9.17) is 41.6 Å². The molecule has 12 rings (SSSR count). The third-order valence-corrected chi connectivity index (χ3v) is 45.3. The molecule has 2 N–H and O–H groups in total. The number of nitrogens with one attached hydrogen (secondary N) is 2. The fourth-order valence-corrected chi connectivity index (χ4v) is 36.8. The molecule has 2 amide bonds. The largest absolute Gasteiger partial charge is 0.460 e. The van der Waals surface area contributed by atoms with Gasteiger partial charge in [-0.05, 0) is 154 Å². The zero-order valence-corrected chi connectivity index (χ0v) is 89.7. The molecular formula is C110H138BrIN6O12Si4. The van der Waals surface area contributed by atoms with Gasteiger partial charge in [0.15, 0.2) is 0 Å². The number of esters is 2. The molecule has 0 saturated carbocycles. The fraction of sp³-hybridized carbons (Fsp3) is 0.364. The maximum absolute atomic E-state index is 13.4. The van der Waals surface area contributed by atoms with E-state index in [1.807, 2.05) is 148 Å². The number of rotatable bonds is 35. The SMILES string of the molecule is CC(C)(C)OC(=O)N[C@@H](CI)CCO[Si](c1ccccc1)(c1ccccc1)C(C)(C)C.CCOC(=O)c1nc(-c2ccc(Br)cc2)cn1CCO[Si](c1ccccc1)(c1ccccc1)C(C)(C)C.CCOC(=O)c1nc(-c2ccc(CC(CCO[Si](c3ccccc3)(c3ccccc3)C(C)(C)C)NC(=O)OC(C)(C)C)cc2)cn1CCO[Si](c1ccccc1)(c1ccccc1)C(C)(C)C. The highest BCUT2D eigenvalue weighted by Crippen LogP contribution is 2.42. The van der Waals surface area contributed by atoms with Gasteiger partial charge in [0.1, 0.15) is 11.2 Å². The van der Waals surface area contributed by atoms with E-state index in [2.05, 4.69) is 343 Å². The molecule has 0 fully saturated rings. The third kappa shape index (κ3) is 27.3. The highest BCUT2D eigenvalue weighted by molar-refractivity contribution is 14.1. The molecule has 0 bridgehead atoms. The summed E-state index contributed by atoms with van der Waals surface area (Å²) in [6.45, 7) is 45.1. The van der Waals surface area contributed by atoms with Crippen molar-refractivity contribution in [1.82, 2.24) is 29.7 Å². The van der Waals surface area contributed by atoms with Crippen LogP contribution in [0.3, 0.4) is 0 Å². The highest BCUT2D eigenvalue weighted by atomic mass is 127. The summed E-state index contributed by atoms with van der Waals surface area (Å²) in [6, 6.07) is 100. The smallest absolute Gasteiger partial charge is 0.407 e. The van der Waals surface area contributed by atoms with E-state index in [0.717, 1.165) is 37.7 Å². The van der Waals surface area contributed by atoms with Crippen LogP contribution in [0.15, 0.2) is 308 Å². The predicted octanol–water partition coefficient (Wildman–Crippen LogP) is 21.1. The van der Waals surface area contributed by atoms with Gasteiger partial charge in [0.25, 0.3) is 33.3 Å². The van der Waals surface area contributed by atoms with Gasteiger partial charge in [-0.25, -0.2) is 29.1 Å². The summed E-state index contributed by atoms with van der Waals surface area (Å²) in [5.74, 6) is -0.409. The fourth-order valence-electron chi connectivity index (χ4n) is 17.6. The Labute approximate surface area is 822 Å². The maximum Gasteiger partial charge on any atom is 0.407 e. The lowest BCUT2D eigenvalue weighted by atomic mass is 10.0. The van der Waals surface area contributed by atoms with Crippen molar-refractivity contribution in [2.75, 3.05) is 44.1 Å². The number of hydrogen-bond acceptors (Lipinski definition) is 14. The first-order valence-electron chi connectivity index (χ1n) is 46.5. The zero-order valence-electron chi connectivity index (χ0n) is 82.0. The van der Waals surface area contributed by atoms with Crippen LogP contribution in [0.25, 0.3) is 22.5 Å². The molecule has 0 aliphatic carbocycles. The average molecular weight is 2060 g/mol. The lowest BCUT2D eigenvalue weighted by Gasteiger charge is -2.43. The third-order valence-electron chi connectivity index (χ3n) is 23.5. The number of carbonyl (C=O) groups is 4. The Hall–Kier alpha value is -9.98. The van der Waals surface area contributed by atoms with E-state index in [0.29, 0.717) is 58.1 Å². The number of carbonyl (C=O) groups excluding carboxylic acids is 4. The van der Waals surface area contributed by atoms with Crippen LogP contribution < -0.4 is 52.1 Å². The Morgan fingerprint density at radius 3 is 0.843 bits per heavy atom. The maximum atomic E-state index is 13.4. The predicted molar refractivity (Wildman–Crippen MR) is 567 cm³/mol. The summed E-state index contributed by atoms with van der Waals surface area (Å²) in [4.78, 5) is 61.2. The van der Waals surface area contributed by atoms with Crippen molar-refractivity contribution in [1.29, 1.82) is 0 Å². The summed E-state index contributed by atoms with van der Waals surface area (Å²) in [7, 11) is -10.8. The molecule has 134 heavy (non-hydrogen) atoms. The van der Waals surface area contributed by atoms with Gasteiger partial charge in [-0.1, -0.05) is 401 Å². The van der Waals surface area contributed by atoms with Crippen molar-refractivity contribution in [3.8, 4) is 22.5 Å². The van der Waals surface area contributed by atoms with E-state index in [1.54, 1.807) is 13.8 Å². The summed E-state index contributed by atoms with van der Waals surface area (Å²) < 4.78 is 55.9. The summed E-state index contributed by atoms with van der Waals surface area (Å²) in [5.41, 5.74) is 3.02. The number of halogens is 2. The number of nitrogens with zero attached hydrogens (tertiary/aromatic N) is 4. The number of benzene rings is 10. The van der Waals surface area contributed by atoms with Crippen molar-refractivity contribution >= 4 is 137 Å². The van der Waals surface area contributed by atoms with Gasteiger partial charge in [-0.2, -0.15) is 0 Å². The van der Waals surface area contributed by atoms with E-state index < -0.39 is 62.5 Å². The number of alkyl halides is 1. The number of amides is 2. The minimum absolute atomic E-state index is 0.00587. The van der Waals surface area contributed by atoms with Crippen LogP contribution in [0.5, 0.6) is 0 Å². The van der Waals surface area contributed by atoms with Gasteiger partial charge in [0.05, 0.1) is 37.8 Å². The van der Waals surface area contributed by atoms with Gasteiger partial charge >= 0.3 is 24.1 Å². The number of aromatic nitrogens is 4. The molecule has 0 radical (unpaired) electrons. The number of hydrogen-bond donors (Lipinski definition) is 2. The molecule has 12 aromatic rings. The van der Waals surface area contributed by atoms with Gasteiger partial charge in [0.2, 0.25) is 11.6 Å². The molecule has 0 saturated heterocycles. The van der Waals surface area contributed by atoms with Crippen LogP contribution in [0, 0.1) is 0 Å². The minimum Gasteiger partial charge on any atom is -0.460 e. The molecule has 2 aromatic heterocycles. The Morgan fingerprint density at radius 2 is 0.597 bits per heavy atom. The van der Waals surface area contributed by atoms with E-state index in [9.17, 15) is 19.2 Å². The first-order valence-corrected chi connectivity index (χ1v) is 56.5. The second-order valence-corrected chi connectivity index (χ2v) is 58.6. The molecule has 0 aliphatic rings. The summed E-state index contributed by atoms with van der Waals surface area (Å²) >= 11 is 5.78. The summed E-state index contributed by atoms with van der Waals surface area (Å²) in [6.07, 6.45) is 4.81. The van der Waals surface area contributed by atoms with E-state index >= 15 is 0 Å². The van der Waals surface area contributed by atoms with Crippen molar-refractivity contribution in [2.45, 2.75) is 214 Å². The van der Waals surface area contributed by atoms with Gasteiger partial charge in [-0.3, -0.25) is 0 Å². The first kappa shape index (κ1) is 106. The Balaban J connectivity index is 0.000000230. The molecule has 24 heteroatoms. The lowest BCUT2D eigenvalue weighted by molar-refractivity contribution is 0.0487. The average Bonchev–Trinajstić information content (AvgIpc) is 0.913. The molecule has 1 unspecified atom stereocenters. The Morgan fingerprint density at radius 1 is 0.351 bits per heavy atom. The van der Waals surface area contributed by atoms with E-state index in [-0.39, 0.29) is 63.2 Å². The second kappa shape index (κ2) is 47.7. The van der Waals surface area contributed by atoms with Crippen LogP contribution in [0.1, 0.15) is 178 Å². The van der Waals surface area contributed by atoms with Gasteiger partial charge in [-0.15, -0.1) is 0 Å². The number of imidazole rings is 2. The Kier molecular flexibility index (Phi) is 37.7. The molecule has 0 aliphatic heterocycles. The lowest BCUT2D eigenvalue weighted by Crippen LogP contribution is -2.66. The van der Waals surface area contributed by atoms with Crippen molar-refractivity contribution in [2.24, 2.45) is 0 Å². The topological polar surface area (TPSA) is 202 Å². The zero-order chi connectivity index (χ0) is 97.2. The summed E-state index contributed by atoms with van der Waals surface area (Å²) in [5, 5.41) is 15.4. The van der Waals surface area contributed by atoms with Crippen molar-refractivity contribution in [3.63, 3.8) is 0 Å². The van der Waals surface area contributed by atoms with Gasteiger partial charge < -0.3 is 56.4 Å². The molecule has 2 heterocycles. The molecule has 0 spiro atoms. The molecule has 18 nitrogen and oxygen atoms in total. The second-order valence-electron chi connectivity index (χ2n) is 39.6. The molecule has 10 aromatic carbocycles. The van der Waals surface area contributed by atoms with Crippen molar-refractivity contribution in [3.05, 3.63) is 325 Å². The minimum atomic E-state index is -2.81. The molecule has 2 atom stereocenters. The number of alkyl carbamates (subject to hydrolysis) is 2. The Bertz CT molecular complexity index is 5480. The standard InChI is InChI=1S/C55H69N3O6Si2.C30H33BrN2O3Si.C25H36INO3Si/c1-11-61-51(59)50-57-49(41-58(50)37-39-63-66(55(8,9)10,47-28-20-14-21-29-47)48-30-22-15-23-31-48)43-34-32-42(33-35-43)40-44(56-52(60)64-53(2,3)4)36-38-62-65(54(5,6)7,45-24-16-12-17-25-45)46-26-18-13-19-27-46;1-5-35-29(34)28-32-27(23-16-18-24(31)19-17-23)22-33(28)20-21-36-37(30(2,3)4,25-12-8-6-9-13-25)26-14-10-7-11-15-26;1-24(2,3)30-23(28)27-20(19-26)17-18-29-31(25(4,5)6,21-13-9-7-10-14-21)22-15-11-8-12-16-22/h12-35,41,44H,11,36-40H2,1-10H3,(H,56,60);6-19,22H,5,20-21H2,1-4H3;7-16,20H,17-19H2,1-6H3,(H,27,28)/t;;20-/m..1/s1. The van der Waals surface area contributed by atoms with Crippen LogP contribution in [0.4, 0.5) is 9.59 Å². The first-order chi connectivity index (χ1) is 63.6. The monoisotopic (exact) mass is 2050 g/mol. The molecule has 710 valence electrons. The quantitative estimate of drug-likeness (QED) is 0.0125. The number of ether oxygens (including phenoxy) is 4. The van der Waals surface area contributed by atoms with Crippen LogP contribution in [0.2, 0.25) is 20.2 Å². The highest BCUT2D eigenvalue weighted by Gasteiger charge is 2.54. The van der Waals surface area contributed by atoms with Crippen LogP contribution in [-0.4, -0.2) is 144 Å². The van der Waals surface area contributed by atoms with Gasteiger partial charge in [0, 0.05) is 70.8 Å². The van der Waals surface area contributed by atoms with E-state index in [1.165, 1.54) is 41.5 Å². The van der Waals surface area contributed by atoms with Crippen LogP contribution >= 0.6 is 38.5 Å². The molecular weight excluding hydrogens is 1920 g/mol.